The number of hydrogen-bond donors (Lipinski definition) is 1. The normalized spacial score (nSPS) is 10.6. The number of nitrogens with one attached hydrogen (secondary N) is 1. The molecule has 0 unspecified atom stereocenters. The number of benzene rings is 2. The number of carbonyl (C=O) groups is 1. The Morgan fingerprint density at radius 1 is 1.11 bits per heavy atom. The summed E-state index contributed by atoms with van der Waals surface area (Å²) < 4.78 is 16.4. The van der Waals surface area contributed by atoms with Crippen LogP contribution in [0.3, 0.4) is 0 Å². The fourth-order valence-corrected chi connectivity index (χ4v) is 2.20. The summed E-state index contributed by atoms with van der Waals surface area (Å²) in [7, 11) is 1.59. The maximum absolute atomic E-state index is 11.8. The molecule has 0 saturated heterocycles. The van der Waals surface area contributed by atoms with Crippen molar-refractivity contribution in [3.05, 3.63) is 53.6 Å². The lowest BCUT2D eigenvalue weighted by atomic mass is 10.2. The summed E-state index contributed by atoms with van der Waals surface area (Å²) in [6.07, 6.45) is 3.60. The van der Waals surface area contributed by atoms with Crippen molar-refractivity contribution in [2.75, 3.05) is 20.3 Å². The van der Waals surface area contributed by atoms with Crippen LogP contribution in [0.25, 0.3) is 0 Å². The molecule has 27 heavy (non-hydrogen) atoms. The second-order valence-corrected chi connectivity index (χ2v) is 6.01. The van der Waals surface area contributed by atoms with Gasteiger partial charge < -0.3 is 14.2 Å². The molecular weight excluding hydrogens is 344 g/mol. The molecule has 0 aliphatic carbocycles. The van der Waals surface area contributed by atoms with E-state index >= 15 is 0 Å². The Bertz CT molecular complexity index is 757. The number of unbranched alkanes of at least 4 members (excludes halogenated alkanes) is 1. The molecule has 0 spiro atoms. The van der Waals surface area contributed by atoms with Gasteiger partial charge in [-0.1, -0.05) is 31.0 Å². The van der Waals surface area contributed by atoms with E-state index in [2.05, 4.69) is 17.5 Å². The molecule has 2 aromatic rings. The van der Waals surface area contributed by atoms with E-state index in [0.29, 0.717) is 23.9 Å². The Morgan fingerprint density at radius 3 is 2.59 bits per heavy atom. The fourth-order valence-electron chi connectivity index (χ4n) is 2.20. The van der Waals surface area contributed by atoms with Crippen molar-refractivity contribution < 1.29 is 19.0 Å². The van der Waals surface area contributed by atoms with Crippen LogP contribution in [-0.2, 0) is 4.79 Å². The molecule has 1 amide bonds. The summed E-state index contributed by atoms with van der Waals surface area (Å²) in [4.78, 5) is 11.8. The second-order valence-electron chi connectivity index (χ2n) is 6.01. The molecule has 0 aliphatic heterocycles. The minimum absolute atomic E-state index is 0.103. The average Bonchev–Trinajstić information content (AvgIpc) is 2.68. The Kier molecular flexibility index (Phi) is 8.16. The highest BCUT2D eigenvalue weighted by Gasteiger charge is 2.05. The molecule has 0 aromatic heterocycles. The van der Waals surface area contributed by atoms with Gasteiger partial charge in [0.1, 0.15) is 5.75 Å². The third kappa shape index (κ3) is 7.01. The first-order valence-corrected chi connectivity index (χ1v) is 8.94. The van der Waals surface area contributed by atoms with Gasteiger partial charge in [-0.3, -0.25) is 4.79 Å². The van der Waals surface area contributed by atoms with Crippen molar-refractivity contribution in [3.8, 4) is 17.2 Å². The molecule has 1 N–H and O–H groups in total. The van der Waals surface area contributed by atoms with Gasteiger partial charge in [0.15, 0.2) is 18.1 Å². The quantitative estimate of drug-likeness (QED) is 0.393. The lowest BCUT2D eigenvalue weighted by Gasteiger charge is -2.10. The summed E-state index contributed by atoms with van der Waals surface area (Å²) in [5.41, 5.74) is 4.36. The average molecular weight is 370 g/mol. The van der Waals surface area contributed by atoms with E-state index in [0.717, 1.165) is 24.0 Å². The summed E-state index contributed by atoms with van der Waals surface area (Å²) in [6.45, 7) is 4.65. The van der Waals surface area contributed by atoms with Crippen LogP contribution < -0.4 is 19.6 Å². The zero-order valence-corrected chi connectivity index (χ0v) is 16.0. The third-order valence-electron chi connectivity index (χ3n) is 3.74. The van der Waals surface area contributed by atoms with Crippen molar-refractivity contribution >= 4 is 12.1 Å². The van der Waals surface area contributed by atoms with Gasteiger partial charge in [-0.05, 0) is 49.2 Å². The maximum atomic E-state index is 11.8. The minimum atomic E-state index is -0.335. The van der Waals surface area contributed by atoms with Crippen LogP contribution in [0.1, 0.15) is 30.9 Å². The summed E-state index contributed by atoms with van der Waals surface area (Å²) in [6, 6.07) is 13.0. The molecule has 0 fully saturated rings. The lowest BCUT2D eigenvalue weighted by molar-refractivity contribution is -0.123. The molecule has 6 heteroatoms. The standard InChI is InChI=1S/C21H26N2O4/c1-4-5-12-26-19-11-8-17(13-20(19)25-3)14-22-23-21(24)15-27-18-9-6-16(2)7-10-18/h6-11,13-14H,4-5,12,15H2,1-3H3,(H,23,24)/b22-14+. The number of carbonyl (C=O) groups excluding carboxylic acids is 1. The highest BCUT2D eigenvalue weighted by Crippen LogP contribution is 2.27. The number of ether oxygens (including phenoxy) is 3. The largest absolute Gasteiger partial charge is 0.493 e. The SMILES string of the molecule is CCCCOc1ccc(/C=N/NC(=O)COc2ccc(C)cc2)cc1OC. The molecule has 0 heterocycles. The van der Waals surface area contributed by atoms with Gasteiger partial charge in [0.25, 0.3) is 5.91 Å². The fraction of sp³-hybridized carbons (Fsp3) is 0.333. The Labute approximate surface area is 160 Å². The highest BCUT2D eigenvalue weighted by molar-refractivity contribution is 5.83. The van der Waals surface area contributed by atoms with Gasteiger partial charge in [-0.2, -0.15) is 5.10 Å². The zero-order valence-electron chi connectivity index (χ0n) is 16.0. The zero-order chi connectivity index (χ0) is 19.5. The van der Waals surface area contributed by atoms with Gasteiger partial charge in [0.2, 0.25) is 0 Å². The minimum Gasteiger partial charge on any atom is -0.493 e. The molecule has 144 valence electrons. The van der Waals surface area contributed by atoms with Gasteiger partial charge >= 0.3 is 0 Å². The van der Waals surface area contributed by atoms with Gasteiger partial charge in [-0.15, -0.1) is 0 Å². The molecule has 6 nitrogen and oxygen atoms in total. The van der Waals surface area contributed by atoms with E-state index in [1.807, 2.05) is 43.3 Å². The van der Waals surface area contributed by atoms with E-state index < -0.39 is 0 Å². The summed E-state index contributed by atoms with van der Waals surface area (Å²) >= 11 is 0. The molecule has 2 rings (SSSR count). The van der Waals surface area contributed by atoms with E-state index in [1.54, 1.807) is 19.4 Å². The van der Waals surface area contributed by atoms with Crippen LogP contribution in [0.15, 0.2) is 47.6 Å². The first-order valence-electron chi connectivity index (χ1n) is 8.94. The molecule has 0 bridgehead atoms. The van der Waals surface area contributed by atoms with Crippen LogP contribution in [0.4, 0.5) is 0 Å². The summed E-state index contributed by atoms with van der Waals surface area (Å²) in [5, 5.41) is 3.95. The van der Waals surface area contributed by atoms with E-state index in [1.165, 1.54) is 0 Å². The molecule has 0 radical (unpaired) electrons. The molecule has 2 aromatic carbocycles. The molecule has 0 atom stereocenters. The Morgan fingerprint density at radius 2 is 1.89 bits per heavy atom. The highest BCUT2D eigenvalue weighted by atomic mass is 16.5. The third-order valence-corrected chi connectivity index (χ3v) is 3.74. The predicted molar refractivity (Wildman–Crippen MR) is 106 cm³/mol. The number of hydrazone groups is 1. The monoisotopic (exact) mass is 370 g/mol. The molecule has 0 saturated carbocycles. The van der Waals surface area contributed by atoms with Gasteiger partial charge in [-0.25, -0.2) is 5.43 Å². The Balaban J connectivity index is 1.83. The van der Waals surface area contributed by atoms with Crippen LogP contribution in [0.2, 0.25) is 0 Å². The van der Waals surface area contributed by atoms with E-state index in [9.17, 15) is 4.79 Å². The number of methoxy groups -OCH3 is 1. The summed E-state index contributed by atoms with van der Waals surface area (Å²) in [5.74, 6) is 1.63. The second kappa shape index (κ2) is 10.9. The van der Waals surface area contributed by atoms with Crippen LogP contribution >= 0.6 is 0 Å². The van der Waals surface area contributed by atoms with Crippen molar-refractivity contribution in [3.63, 3.8) is 0 Å². The Hall–Kier alpha value is -3.02. The van der Waals surface area contributed by atoms with Gasteiger partial charge in [0.05, 0.1) is 19.9 Å². The lowest BCUT2D eigenvalue weighted by Crippen LogP contribution is -2.24. The van der Waals surface area contributed by atoms with Crippen molar-refractivity contribution in [2.45, 2.75) is 26.7 Å². The van der Waals surface area contributed by atoms with Gasteiger partial charge in [0, 0.05) is 0 Å². The first kappa shape index (κ1) is 20.3. The number of amides is 1. The number of nitrogens with zero attached hydrogens (tertiary/aromatic N) is 1. The van der Waals surface area contributed by atoms with Crippen molar-refractivity contribution in [2.24, 2.45) is 5.10 Å². The molecule has 0 aliphatic rings. The first-order chi connectivity index (χ1) is 13.1. The van der Waals surface area contributed by atoms with Crippen molar-refractivity contribution in [1.82, 2.24) is 5.43 Å². The predicted octanol–water partition coefficient (Wildman–Crippen LogP) is 3.71. The smallest absolute Gasteiger partial charge is 0.277 e. The van der Waals surface area contributed by atoms with Crippen LogP contribution in [0, 0.1) is 6.92 Å². The van der Waals surface area contributed by atoms with Crippen LogP contribution in [-0.4, -0.2) is 32.4 Å². The van der Waals surface area contributed by atoms with Crippen molar-refractivity contribution in [1.29, 1.82) is 0 Å². The van der Waals surface area contributed by atoms with E-state index in [-0.39, 0.29) is 12.5 Å². The maximum Gasteiger partial charge on any atom is 0.277 e. The molecular formula is C21H26N2O4. The number of hydrogen-bond acceptors (Lipinski definition) is 5. The van der Waals surface area contributed by atoms with E-state index in [4.69, 9.17) is 14.2 Å². The topological polar surface area (TPSA) is 69.2 Å². The number of rotatable bonds is 10. The van der Waals surface area contributed by atoms with Crippen LogP contribution in [0.5, 0.6) is 17.2 Å². The number of aryl methyl sites for hydroxylation is 1.